The standard InChI is InChI=1S/C13H21NO2/c1-3-15-8-9-16-13-6-4-12(5-7-13)10-11(2)14/h4-7,11H,3,8-10,14H2,1-2H3/t11-/m1/s1. The zero-order valence-corrected chi connectivity index (χ0v) is 10.1. The van der Waals surface area contributed by atoms with Gasteiger partial charge in [-0.2, -0.15) is 0 Å². The van der Waals surface area contributed by atoms with Gasteiger partial charge in [0.25, 0.3) is 0 Å². The SMILES string of the molecule is CCOCCOc1ccc(C[C@@H](C)N)cc1. The minimum atomic E-state index is 0.199. The number of ether oxygens (including phenoxy) is 2. The van der Waals surface area contributed by atoms with E-state index >= 15 is 0 Å². The molecule has 3 heteroatoms. The van der Waals surface area contributed by atoms with Crippen LogP contribution in [0.2, 0.25) is 0 Å². The summed E-state index contributed by atoms with van der Waals surface area (Å²) in [6, 6.07) is 8.26. The third-order valence-electron chi connectivity index (χ3n) is 2.18. The Kier molecular flexibility index (Phi) is 5.90. The van der Waals surface area contributed by atoms with E-state index in [0.717, 1.165) is 18.8 Å². The van der Waals surface area contributed by atoms with Gasteiger partial charge in [-0.05, 0) is 38.0 Å². The molecule has 0 aliphatic heterocycles. The summed E-state index contributed by atoms with van der Waals surface area (Å²) in [5, 5.41) is 0. The first kappa shape index (κ1) is 13.0. The Labute approximate surface area is 97.6 Å². The maximum absolute atomic E-state index is 5.73. The molecule has 0 radical (unpaired) electrons. The van der Waals surface area contributed by atoms with Crippen LogP contribution < -0.4 is 10.5 Å². The number of nitrogens with two attached hydrogens (primary N) is 1. The van der Waals surface area contributed by atoms with Crippen LogP contribution in [0.25, 0.3) is 0 Å². The lowest BCUT2D eigenvalue weighted by Crippen LogP contribution is -2.17. The monoisotopic (exact) mass is 223 g/mol. The molecule has 0 aromatic heterocycles. The van der Waals surface area contributed by atoms with Gasteiger partial charge in [0.05, 0.1) is 6.61 Å². The third kappa shape index (κ3) is 5.14. The molecule has 0 heterocycles. The second-order valence-corrected chi connectivity index (χ2v) is 3.87. The topological polar surface area (TPSA) is 44.5 Å². The molecule has 3 nitrogen and oxygen atoms in total. The summed E-state index contributed by atoms with van der Waals surface area (Å²) in [6.07, 6.45) is 0.902. The van der Waals surface area contributed by atoms with Crippen molar-refractivity contribution in [3.8, 4) is 5.75 Å². The number of hydrogen-bond acceptors (Lipinski definition) is 3. The maximum Gasteiger partial charge on any atom is 0.119 e. The van der Waals surface area contributed by atoms with Crippen molar-refractivity contribution in [2.75, 3.05) is 19.8 Å². The molecule has 0 aliphatic rings. The molecule has 0 bridgehead atoms. The summed E-state index contributed by atoms with van der Waals surface area (Å²) >= 11 is 0. The zero-order chi connectivity index (χ0) is 11.8. The van der Waals surface area contributed by atoms with E-state index in [-0.39, 0.29) is 6.04 Å². The van der Waals surface area contributed by atoms with Crippen LogP contribution in [0.4, 0.5) is 0 Å². The Morgan fingerprint density at radius 1 is 1.19 bits per heavy atom. The fourth-order valence-electron chi connectivity index (χ4n) is 1.46. The van der Waals surface area contributed by atoms with Crippen LogP contribution >= 0.6 is 0 Å². The van der Waals surface area contributed by atoms with Crippen LogP contribution in [0, 0.1) is 0 Å². The number of hydrogen-bond donors (Lipinski definition) is 1. The smallest absolute Gasteiger partial charge is 0.119 e. The molecular weight excluding hydrogens is 202 g/mol. The first-order chi connectivity index (χ1) is 7.72. The van der Waals surface area contributed by atoms with E-state index in [9.17, 15) is 0 Å². The average Bonchev–Trinajstić information content (AvgIpc) is 2.26. The molecule has 0 aliphatic carbocycles. The van der Waals surface area contributed by atoms with Crippen molar-refractivity contribution < 1.29 is 9.47 Å². The highest BCUT2D eigenvalue weighted by Gasteiger charge is 1.98. The Morgan fingerprint density at radius 3 is 2.44 bits per heavy atom. The zero-order valence-electron chi connectivity index (χ0n) is 10.1. The van der Waals surface area contributed by atoms with Crippen molar-refractivity contribution in [2.24, 2.45) is 5.73 Å². The van der Waals surface area contributed by atoms with Crippen LogP contribution in [-0.2, 0) is 11.2 Å². The van der Waals surface area contributed by atoms with Crippen molar-refractivity contribution in [2.45, 2.75) is 26.3 Å². The van der Waals surface area contributed by atoms with Crippen LogP contribution in [0.15, 0.2) is 24.3 Å². The minimum absolute atomic E-state index is 0.199. The minimum Gasteiger partial charge on any atom is -0.491 e. The van der Waals surface area contributed by atoms with Crippen molar-refractivity contribution in [3.63, 3.8) is 0 Å². The lowest BCUT2D eigenvalue weighted by atomic mass is 10.1. The van der Waals surface area contributed by atoms with E-state index in [0.29, 0.717) is 13.2 Å². The lowest BCUT2D eigenvalue weighted by molar-refractivity contribution is 0.110. The summed E-state index contributed by atoms with van der Waals surface area (Å²) in [5.41, 5.74) is 6.97. The maximum atomic E-state index is 5.73. The molecule has 0 spiro atoms. The first-order valence-corrected chi connectivity index (χ1v) is 5.77. The van der Waals surface area contributed by atoms with Gasteiger partial charge in [-0.3, -0.25) is 0 Å². The summed E-state index contributed by atoms with van der Waals surface area (Å²) in [6.45, 7) is 5.95. The van der Waals surface area contributed by atoms with E-state index in [2.05, 4.69) is 12.1 Å². The second-order valence-electron chi connectivity index (χ2n) is 3.87. The van der Waals surface area contributed by atoms with Crippen LogP contribution in [-0.4, -0.2) is 25.9 Å². The van der Waals surface area contributed by atoms with Gasteiger partial charge in [0.1, 0.15) is 12.4 Å². The average molecular weight is 223 g/mol. The molecule has 1 rings (SSSR count). The molecule has 1 aromatic carbocycles. The van der Waals surface area contributed by atoms with Gasteiger partial charge in [0.15, 0.2) is 0 Å². The predicted octanol–water partition coefficient (Wildman–Crippen LogP) is 1.99. The number of rotatable bonds is 7. The molecule has 90 valence electrons. The highest BCUT2D eigenvalue weighted by molar-refractivity contribution is 5.27. The Balaban J connectivity index is 2.33. The summed E-state index contributed by atoms with van der Waals surface area (Å²) in [5.74, 6) is 0.883. The molecule has 16 heavy (non-hydrogen) atoms. The van der Waals surface area contributed by atoms with E-state index < -0.39 is 0 Å². The molecular formula is C13H21NO2. The van der Waals surface area contributed by atoms with Gasteiger partial charge in [-0.15, -0.1) is 0 Å². The molecule has 0 saturated carbocycles. The van der Waals surface area contributed by atoms with Crippen molar-refractivity contribution in [1.82, 2.24) is 0 Å². The second kappa shape index (κ2) is 7.25. The van der Waals surface area contributed by atoms with Gasteiger partial charge in [0.2, 0.25) is 0 Å². The lowest BCUT2D eigenvalue weighted by Gasteiger charge is -2.08. The molecule has 0 saturated heterocycles. The van der Waals surface area contributed by atoms with Gasteiger partial charge in [-0.25, -0.2) is 0 Å². The van der Waals surface area contributed by atoms with Gasteiger partial charge >= 0.3 is 0 Å². The molecule has 2 N–H and O–H groups in total. The van der Waals surface area contributed by atoms with Crippen LogP contribution in [0.5, 0.6) is 5.75 Å². The summed E-state index contributed by atoms with van der Waals surface area (Å²) in [7, 11) is 0. The quantitative estimate of drug-likeness (QED) is 0.719. The van der Waals surface area contributed by atoms with Crippen molar-refractivity contribution >= 4 is 0 Å². The van der Waals surface area contributed by atoms with E-state index in [1.807, 2.05) is 26.0 Å². The van der Waals surface area contributed by atoms with Crippen LogP contribution in [0.1, 0.15) is 19.4 Å². The normalized spacial score (nSPS) is 12.4. The molecule has 0 amide bonds. The Hall–Kier alpha value is -1.06. The summed E-state index contributed by atoms with van der Waals surface area (Å²) in [4.78, 5) is 0. The highest BCUT2D eigenvalue weighted by atomic mass is 16.5. The fourth-order valence-corrected chi connectivity index (χ4v) is 1.46. The van der Waals surface area contributed by atoms with Gasteiger partial charge in [-0.1, -0.05) is 12.1 Å². The third-order valence-corrected chi connectivity index (χ3v) is 2.18. The molecule has 0 fully saturated rings. The van der Waals surface area contributed by atoms with Crippen molar-refractivity contribution in [1.29, 1.82) is 0 Å². The van der Waals surface area contributed by atoms with E-state index in [1.54, 1.807) is 0 Å². The molecule has 1 aromatic rings. The Bertz CT molecular complexity index is 282. The van der Waals surface area contributed by atoms with E-state index in [4.69, 9.17) is 15.2 Å². The number of benzene rings is 1. The van der Waals surface area contributed by atoms with Gasteiger partial charge < -0.3 is 15.2 Å². The molecule has 0 unspecified atom stereocenters. The van der Waals surface area contributed by atoms with E-state index in [1.165, 1.54) is 5.56 Å². The molecule has 1 atom stereocenters. The van der Waals surface area contributed by atoms with Gasteiger partial charge in [0, 0.05) is 12.6 Å². The fraction of sp³-hybridized carbons (Fsp3) is 0.538. The predicted molar refractivity (Wildman–Crippen MR) is 65.8 cm³/mol. The largest absolute Gasteiger partial charge is 0.491 e. The first-order valence-electron chi connectivity index (χ1n) is 5.77. The Morgan fingerprint density at radius 2 is 1.88 bits per heavy atom. The highest BCUT2D eigenvalue weighted by Crippen LogP contribution is 2.12. The summed E-state index contributed by atoms with van der Waals surface area (Å²) < 4.78 is 10.7. The van der Waals surface area contributed by atoms with Crippen LogP contribution in [0.3, 0.4) is 0 Å². The van der Waals surface area contributed by atoms with Crippen molar-refractivity contribution in [3.05, 3.63) is 29.8 Å².